The van der Waals surface area contributed by atoms with Crippen molar-refractivity contribution in [2.24, 2.45) is 5.92 Å². The van der Waals surface area contributed by atoms with Crippen LogP contribution in [0, 0.1) is 5.92 Å². The Morgan fingerprint density at radius 2 is 2.00 bits per heavy atom. The van der Waals surface area contributed by atoms with Gasteiger partial charge < -0.3 is 14.2 Å². The van der Waals surface area contributed by atoms with Crippen molar-refractivity contribution in [1.82, 2.24) is 9.88 Å². The first-order valence-corrected chi connectivity index (χ1v) is 9.74. The first-order chi connectivity index (χ1) is 13.3. The number of methoxy groups -OCH3 is 1. The van der Waals surface area contributed by atoms with Crippen LogP contribution in [-0.4, -0.2) is 48.9 Å². The van der Waals surface area contributed by atoms with Crippen molar-refractivity contribution in [2.45, 2.75) is 31.6 Å². The molecule has 2 aliphatic rings. The number of aromatic nitrogens is 1. The maximum atomic E-state index is 6.19. The van der Waals surface area contributed by atoms with Crippen molar-refractivity contribution in [1.29, 1.82) is 0 Å². The normalized spacial score (nSPS) is 21.3. The van der Waals surface area contributed by atoms with Crippen LogP contribution in [0.5, 0.6) is 5.75 Å². The van der Waals surface area contributed by atoms with Crippen LogP contribution in [0.1, 0.15) is 24.0 Å². The van der Waals surface area contributed by atoms with Gasteiger partial charge in [-0.15, -0.1) is 0 Å². The van der Waals surface area contributed by atoms with Crippen LogP contribution in [-0.2, 0) is 22.6 Å². The molecule has 144 valence electrons. The average Bonchev–Trinajstić information content (AvgIpc) is 3.10. The summed E-state index contributed by atoms with van der Waals surface area (Å²) in [5.41, 5.74) is 2.45. The highest BCUT2D eigenvalue weighted by molar-refractivity contribution is 5.33. The maximum absolute atomic E-state index is 6.19. The molecule has 0 bridgehead atoms. The van der Waals surface area contributed by atoms with E-state index < -0.39 is 0 Å². The molecule has 3 heterocycles. The zero-order valence-electron chi connectivity index (χ0n) is 16.0. The Kier molecular flexibility index (Phi) is 5.72. The van der Waals surface area contributed by atoms with Crippen molar-refractivity contribution < 1.29 is 14.2 Å². The van der Waals surface area contributed by atoms with Crippen LogP contribution < -0.4 is 4.74 Å². The molecule has 1 atom stereocenters. The minimum absolute atomic E-state index is 0.0298. The van der Waals surface area contributed by atoms with Crippen LogP contribution in [0.15, 0.2) is 48.8 Å². The first-order valence-electron chi connectivity index (χ1n) is 9.74. The highest BCUT2D eigenvalue weighted by atomic mass is 16.5. The molecule has 2 aliphatic heterocycles. The topological polar surface area (TPSA) is 43.8 Å². The Balaban J connectivity index is 1.24. The van der Waals surface area contributed by atoms with E-state index in [0.29, 0.717) is 12.5 Å². The van der Waals surface area contributed by atoms with E-state index in [1.165, 1.54) is 11.1 Å². The van der Waals surface area contributed by atoms with Crippen LogP contribution in [0.4, 0.5) is 0 Å². The van der Waals surface area contributed by atoms with E-state index >= 15 is 0 Å². The van der Waals surface area contributed by atoms with Crippen molar-refractivity contribution in [3.8, 4) is 5.75 Å². The van der Waals surface area contributed by atoms with Gasteiger partial charge in [-0.05, 0) is 42.5 Å². The summed E-state index contributed by atoms with van der Waals surface area (Å²) in [5, 5.41) is 0. The Morgan fingerprint density at radius 3 is 2.81 bits per heavy atom. The lowest BCUT2D eigenvalue weighted by Gasteiger charge is -2.50. The van der Waals surface area contributed by atoms with E-state index in [1.807, 2.05) is 36.7 Å². The van der Waals surface area contributed by atoms with Gasteiger partial charge in [0, 0.05) is 50.8 Å². The van der Waals surface area contributed by atoms with E-state index in [0.717, 1.165) is 51.4 Å². The molecule has 0 saturated carbocycles. The van der Waals surface area contributed by atoms with Crippen molar-refractivity contribution in [2.75, 3.05) is 33.4 Å². The summed E-state index contributed by atoms with van der Waals surface area (Å²) < 4.78 is 17.6. The summed E-state index contributed by atoms with van der Waals surface area (Å²) in [7, 11) is 1.73. The van der Waals surface area contributed by atoms with Crippen molar-refractivity contribution in [3.05, 3.63) is 59.9 Å². The average molecular weight is 368 g/mol. The van der Waals surface area contributed by atoms with E-state index in [2.05, 4.69) is 22.0 Å². The van der Waals surface area contributed by atoms with E-state index in [9.17, 15) is 0 Å². The lowest BCUT2D eigenvalue weighted by Crippen LogP contribution is -2.64. The van der Waals surface area contributed by atoms with Crippen LogP contribution in [0.25, 0.3) is 0 Å². The second kappa shape index (κ2) is 8.38. The number of rotatable bonds is 8. The number of benzene rings is 1. The number of hydrogen-bond donors (Lipinski definition) is 0. The molecule has 1 spiro atoms. The standard InChI is InChI=1S/C22H28N2O3/c1-25-21-5-3-2-4-19(21)14-24-16-22(17-24)20(9-13-27-22)8-12-26-15-18-6-10-23-11-7-18/h2-7,10-11,20H,8-9,12-17H2,1H3/t20-/m0/s1. The molecule has 0 amide bonds. The lowest BCUT2D eigenvalue weighted by molar-refractivity contribution is -0.139. The number of para-hydroxylation sites is 1. The molecule has 4 rings (SSSR count). The molecule has 0 N–H and O–H groups in total. The zero-order chi connectivity index (χ0) is 18.5. The fourth-order valence-electron chi connectivity index (χ4n) is 4.33. The molecule has 2 fully saturated rings. The van der Waals surface area contributed by atoms with Crippen molar-refractivity contribution in [3.63, 3.8) is 0 Å². The monoisotopic (exact) mass is 368 g/mol. The molecule has 2 saturated heterocycles. The van der Waals surface area contributed by atoms with Crippen LogP contribution in [0.3, 0.4) is 0 Å². The summed E-state index contributed by atoms with van der Waals surface area (Å²) >= 11 is 0. The summed E-state index contributed by atoms with van der Waals surface area (Å²) in [5.74, 6) is 1.55. The lowest BCUT2D eigenvalue weighted by atomic mass is 9.79. The molecular formula is C22H28N2O3. The van der Waals surface area contributed by atoms with E-state index in [4.69, 9.17) is 14.2 Å². The molecule has 1 aromatic carbocycles. The second-order valence-corrected chi connectivity index (χ2v) is 7.55. The van der Waals surface area contributed by atoms with Gasteiger partial charge >= 0.3 is 0 Å². The number of nitrogens with zero attached hydrogens (tertiary/aromatic N) is 2. The van der Waals surface area contributed by atoms with Gasteiger partial charge in [0.1, 0.15) is 5.75 Å². The molecule has 0 unspecified atom stereocenters. The third-order valence-electron chi connectivity index (χ3n) is 5.80. The summed E-state index contributed by atoms with van der Waals surface area (Å²) in [4.78, 5) is 6.49. The molecule has 5 nitrogen and oxygen atoms in total. The fraction of sp³-hybridized carbons (Fsp3) is 0.500. The third-order valence-corrected chi connectivity index (χ3v) is 5.80. The highest BCUT2D eigenvalue weighted by Gasteiger charge is 2.52. The molecule has 1 aromatic heterocycles. The Hall–Kier alpha value is -1.95. The number of hydrogen-bond acceptors (Lipinski definition) is 5. The Bertz CT molecular complexity index is 731. The first kappa shape index (κ1) is 18.4. The Morgan fingerprint density at radius 1 is 1.19 bits per heavy atom. The second-order valence-electron chi connectivity index (χ2n) is 7.55. The van der Waals surface area contributed by atoms with Gasteiger partial charge in [0.2, 0.25) is 0 Å². The van der Waals surface area contributed by atoms with Gasteiger partial charge in [0.05, 0.1) is 19.3 Å². The molecule has 0 aliphatic carbocycles. The predicted molar refractivity (Wildman–Crippen MR) is 104 cm³/mol. The third kappa shape index (κ3) is 4.15. The Labute approximate surface area is 161 Å². The van der Waals surface area contributed by atoms with E-state index in [1.54, 1.807) is 7.11 Å². The maximum Gasteiger partial charge on any atom is 0.123 e. The predicted octanol–water partition coefficient (Wildman–Crippen LogP) is 3.29. The molecule has 5 heteroatoms. The molecule has 2 aromatic rings. The zero-order valence-corrected chi connectivity index (χ0v) is 16.0. The van der Waals surface area contributed by atoms with E-state index in [-0.39, 0.29) is 5.60 Å². The summed E-state index contributed by atoms with van der Waals surface area (Å²) in [6.45, 7) is 5.23. The minimum Gasteiger partial charge on any atom is -0.496 e. The SMILES string of the molecule is COc1ccccc1CN1CC2(C1)OCC[C@@H]2CCOCc1ccncc1. The smallest absolute Gasteiger partial charge is 0.123 e. The van der Waals surface area contributed by atoms with Crippen molar-refractivity contribution >= 4 is 0 Å². The van der Waals surface area contributed by atoms with Gasteiger partial charge in [-0.1, -0.05) is 18.2 Å². The molecule has 0 radical (unpaired) electrons. The minimum atomic E-state index is 0.0298. The van der Waals surface area contributed by atoms with Crippen LogP contribution >= 0.6 is 0 Å². The quantitative estimate of drug-likeness (QED) is 0.669. The fourth-order valence-corrected chi connectivity index (χ4v) is 4.33. The highest BCUT2D eigenvalue weighted by Crippen LogP contribution is 2.42. The van der Waals surface area contributed by atoms with Crippen LogP contribution in [0.2, 0.25) is 0 Å². The summed E-state index contributed by atoms with van der Waals surface area (Å²) in [6, 6.07) is 12.3. The van der Waals surface area contributed by atoms with Gasteiger partial charge in [0.25, 0.3) is 0 Å². The number of ether oxygens (including phenoxy) is 3. The van der Waals surface area contributed by atoms with Gasteiger partial charge in [-0.25, -0.2) is 0 Å². The molecule has 27 heavy (non-hydrogen) atoms. The number of likely N-dealkylation sites (tertiary alicyclic amines) is 1. The van der Waals surface area contributed by atoms with Gasteiger partial charge in [0.15, 0.2) is 0 Å². The number of pyridine rings is 1. The van der Waals surface area contributed by atoms with Gasteiger partial charge in [-0.2, -0.15) is 0 Å². The summed E-state index contributed by atoms with van der Waals surface area (Å²) in [6.07, 6.45) is 5.82. The molecular weight excluding hydrogens is 340 g/mol. The largest absolute Gasteiger partial charge is 0.496 e. The van der Waals surface area contributed by atoms with Gasteiger partial charge in [-0.3, -0.25) is 9.88 Å².